The van der Waals surface area contributed by atoms with E-state index in [1.54, 1.807) is 0 Å². The molecule has 2 aliphatic rings. The molecule has 1 fully saturated rings. The van der Waals surface area contributed by atoms with Crippen molar-refractivity contribution in [2.45, 2.75) is 24.9 Å². The largest absolute Gasteiger partial charge is 0.354 e. The van der Waals surface area contributed by atoms with Crippen LogP contribution in [-0.4, -0.2) is 67.0 Å². The number of nitrogens with zero attached hydrogens (tertiary/aromatic N) is 3. The van der Waals surface area contributed by atoms with Crippen LogP contribution in [-0.2, 0) is 13.0 Å². The average molecular weight is 460 g/mol. The van der Waals surface area contributed by atoms with Gasteiger partial charge in [-0.05, 0) is 43.8 Å². The van der Waals surface area contributed by atoms with Gasteiger partial charge in [-0.2, -0.15) is 11.8 Å². The van der Waals surface area contributed by atoms with Crippen molar-refractivity contribution in [2.75, 3.05) is 45.7 Å². The fourth-order valence-corrected chi connectivity index (χ4v) is 5.05. The van der Waals surface area contributed by atoms with Crippen molar-refractivity contribution >= 4 is 41.7 Å². The van der Waals surface area contributed by atoms with Crippen LogP contribution in [0.2, 0.25) is 0 Å². The van der Waals surface area contributed by atoms with Crippen LogP contribution < -0.4 is 5.32 Å². The van der Waals surface area contributed by atoms with E-state index < -0.39 is 0 Å². The predicted molar refractivity (Wildman–Crippen MR) is 116 cm³/mol. The summed E-state index contributed by atoms with van der Waals surface area (Å²) in [5.74, 6) is 3.50. The van der Waals surface area contributed by atoms with E-state index >= 15 is 0 Å². The summed E-state index contributed by atoms with van der Waals surface area (Å²) in [4.78, 5) is 9.31. The van der Waals surface area contributed by atoms with Crippen molar-refractivity contribution in [1.82, 2.24) is 15.1 Å². The van der Waals surface area contributed by atoms with Gasteiger partial charge >= 0.3 is 0 Å². The molecule has 0 aromatic heterocycles. The zero-order chi connectivity index (χ0) is 16.3. The maximum atomic E-state index is 4.54. The number of benzene rings is 1. The molecule has 1 atom stereocenters. The number of halogens is 1. The molecule has 1 unspecified atom stereocenters. The van der Waals surface area contributed by atoms with Crippen LogP contribution in [0.3, 0.4) is 0 Å². The number of hydrogen-bond acceptors (Lipinski definition) is 3. The second-order valence-electron chi connectivity index (χ2n) is 6.76. The Labute approximate surface area is 167 Å². The summed E-state index contributed by atoms with van der Waals surface area (Å²) in [6.45, 7) is 2.97. The minimum Gasteiger partial charge on any atom is -0.354 e. The van der Waals surface area contributed by atoms with E-state index in [2.05, 4.69) is 70.2 Å². The molecular formula is C18H29IN4S. The van der Waals surface area contributed by atoms with Gasteiger partial charge in [-0.15, -0.1) is 24.0 Å². The molecule has 0 radical (unpaired) electrons. The Morgan fingerprint density at radius 2 is 2.08 bits per heavy atom. The molecule has 0 spiro atoms. The Balaban J connectivity index is 0.00000208. The Morgan fingerprint density at radius 1 is 1.33 bits per heavy atom. The molecule has 0 amide bonds. The van der Waals surface area contributed by atoms with Crippen LogP contribution in [0.1, 0.15) is 17.5 Å². The molecule has 4 nitrogen and oxygen atoms in total. The van der Waals surface area contributed by atoms with Crippen LogP contribution in [0, 0.1) is 0 Å². The Morgan fingerprint density at radius 3 is 2.71 bits per heavy atom. The summed E-state index contributed by atoms with van der Waals surface area (Å²) < 4.78 is 0. The van der Waals surface area contributed by atoms with E-state index in [9.17, 15) is 0 Å². The van der Waals surface area contributed by atoms with Gasteiger partial charge in [0, 0.05) is 38.0 Å². The number of nitrogens with one attached hydrogen (secondary N) is 1. The molecule has 24 heavy (non-hydrogen) atoms. The first kappa shape index (κ1) is 19.8. The van der Waals surface area contributed by atoms with Crippen LogP contribution >= 0.6 is 35.7 Å². The number of likely N-dealkylation sites (N-methyl/N-ethyl adjacent to an activating group) is 1. The Hall–Kier alpha value is -0.470. The average Bonchev–Trinajstić information content (AvgIpc) is 3.05. The van der Waals surface area contributed by atoms with E-state index in [-0.39, 0.29) is 29.5 Å². The molecule has 1 aromatic carbocycles. The lowest BCUT2D eigenvalue weighted by Gasteiger charge is -2.38. The zero-order valence-corrected chi connectivity index (χ0v) is 18.1. The molecule has 134 valence electrons. The molecule has 0 bridgehead atoms. The summed E-state index contributed by atoms with van der Waals surface area (Å²) in [7, 11) is 6.30. The van der Waals surface area contributed by atoms with E-state index in [1.165, 1.54) is 29.1 Å². The topological polar surface area (TPSA) is 30.9 Å². The SMILES string of the molecule is CN=C(NCC1(N(C)C)CCSC1)N1CCc2ccccc2C1.I. The summed E-state index contributed by atoms with van der Waals surface area (Å²) >= 11 is 2.06. The minimum absolute atomic E-state index is 0. The van der Waals surface area contributed by atoms with E-state index in [4.69, 9.17) is 0 Å². The van der Waals surface area contributed by atoms with Gasteiger partial charge in [0.2, 0.25) is 0 Å². The van der Waals surface area contributed by atoms with E-state index in [1.807, 2.05) is 7.05 Å². The molecule has 2 aliphatic heterocycles. The highest BCUT2D eigenvalue weighted by Gasteiger charge is 2.37. The standard InChI is InChI=1S/C18H28N4S.HI/c1-19-17(20-13-18(21(2)3)9-11-23-14-18)22-10-8-15-6-4-5-7-16(15)12-22;/h4-7H,8-14H2,1-3H3,(H,19,20);1H. The van der Waals surface area contributed by atoms with Gasteiger partial charge in [-0.3, -0.25) is 4.99 Å². The van der Waals surface area contributed by atoms with E-state index in [0.717, 1.165) is 32.0 Å². The summed E-state index contributed by atoms with van der Waals surface area (Å²) in [5, 5.41) is 3.65. The lowest BCUT2D eigenvalue weighted by molar-refractivity contribution is 0.181. The van der Waals surface area contributed by atoms with Crippen LogP contribution in [0.25, 0.3) is 0 Å². The molecule has 1 saturated heterocycles. The number of rotatable bonds is 3. The van der Waals surface area contributed by atoms with Crippen LogP contribution in [0.15, 0.2) is 29.3 Å². The summed E-state index contributed by atoms with van der Waals surface area (Å²) in [5.41, 5.74) is 3.17. The normalized spacial score (nSPS) is 23.8. The number of thioether (sulfide) groups is 1. The number of hydrogen-bond donors (Lipinski definition) is 1. The monoisotopic (exact) mass is 460 g/mol. The van der Waals surface area contributed by atoms with Gasteiger partial charge in [0.1, 0.15) is 0 Å². The highest BCUT2D eigenvalue weighted by atomic mass is 127. The maximum absolute atomic E-state index is 4.54. The summed E-state index contributed by atoms with van der Waals surface area (Å²) in [6.07, 6.45) is 2.35. The quantitative estimate of drug-likeness (QED) is 0.427. The third kappa shape index (κ3) is 4.19. The molecule has 6 heteroatoms. The predicted octanol–water partition coefficient (Wildman–Crippen LogP) is 2.68. The second-order valence-corrected chi connectivity index (χ2v) is 7.87. The highest BCUT2D eigenvalue weighted by Crippen LogP contribution is 2.31. The molecule has 3 rings (SSSR count). The van der Waals surface area contributed by atoms with Crippen molar-refractivity contribution in [3.05, 3.63) is 35.4 Å². The zero-order valence-electron chi connectivity index (χ0n) is 14.9. The third-order valence-corrected chi connectivity index (χ3v) is 6.48. The van der Waals surface area contributed by atoms with Gasteiger partial charge in [0.25, 0.3) is 0 Å². The smallest absolute Gasteiger partial charge is 0.194 e. The van der Waals surface area contributed by atoms with Gasteiger partial charge < -0.3 is 15.1 Å². The fourth-order valence-electron chi connectivity index (χ4n) is 3.50. The Bertz CT molecular complexity index is 570. The van der Waals surface area contributed by atoms with Gasteiger partial charge in [0.05, 0.1) is 0 Å². The highest BCUT2D eigenvalue weighted by molar-refractivity contribution is 14.0. The molecule has 0 saturated carbocycles. The fraction of sp³-hybridized carbons (Fsp3) is 0.611. The molecule has 0 aliphatic carbocycles. The first-order valence-corrected chi connectivity index (χ1v) is 9.58. The Kier molecular flexibility index (Phi) is 7.24. The third-order valence-electron chi connectivity index (χ3n) is 5.25. The van der Waals surface area contributed by atoms with Crippen molar-refractivity contribution in [2.24, 2.45) is 4.99 Å². The lowest BCUT2D eigenvalue weighted by atomic mass is 9.97. The lowest BCUT2D eigenvalue weighted by Crippen LogP contribution is -2.55. The van der Waals surface area contributed by atoms with Crippen molar-refractivity contribution in [3.63, 3.8) is 0 Å². The van der Waals surface area contributed by atoms with Crippen molar-refractivity contribution < 1.29 is 0 Å². The van der Waals surface area contributed by atoms with Crippen molar-refractivity contribution in [3.8, 4) is 0 Å². The first-order valence-electron chi connectivity index (χ1n) is 8.42. The summed E-state index contributed by atoms with van der Waals surface area (Å²) in [6, 6.07) is 8.76. The minimum atomic E-state index is 0. The van der Waals surface area contributed by atoms with Crippen LogP contribution in [0.4, 0.5) is 0 Å². The molecule has 1 aromatic rings. The first-order chi connectivity index (χ1) is 11.1. The van der Waals surface area contributed by atoms with Gasteiger partial charge in [0.15, 0.2) is 5.96 Å². The van der Waals surface area contributed by atoms with E-state index in [0.29, 0.717) is 0 Å². The number of fused-ring (bicyclic) bond motifs is 1. The van der Waals surface area contributed by atoms with Gasteiger partial charge in [-0.25, -0.2) is 0 Å². The molecule has 1 N–H and O–H groups in total. The van der Waals surface area contributed by atoms with Gasteiger partial charge in [-0.1, -0.05) is 24.3 Å². The maximum Gasteiger partial charge on any atom is 0.194 e. The molecular weight excluding hydrogens is 431 g/mol. The molecule has 2 heterocycles. The van der Waals surface area contributed by atoms with Crippen molar-refractivity contribution in [1.29, 1.82) is 0 Å². The number of aliphatic imine (C=N–C) groups is 1. The number of guanidine groups is 1. The van der Waals surface area contributed by atoms with Crippen LogP contribution in [0.5, 0.6) is 0 Å². The second kappa shape index (κ2) is 8.76.